The molecule has 2 aromatic heterocycles. The smallest absolute Gasteiger partial charge is 0.274 e. The molecule has 3 unspecified atom stereocenters. The third-order valence-corrected chi connectivity index (χ3v) is 6.05. The molecule has 1 aliphatic heterocycles. The molecule has 188 valence electrons. The quantitative estimate of drug-likeness (QED) is 0.498. The Morgan fingerprint density at radius 2 is 1.78 bits per heavy atom. The number of carbonyl (C=O) groups excluding carboxylic acids is 2. The highest BCUT2D eigenvalue weighted by Crippen LogP contribution is 2.30. The fraction of sp³-hybridized carbons (Fsp3) is 0.280. The van der Waals surface area contributed by atoms with Crippen LogP contribution in [-0.2, 0) is 4.79 Å². The molecule has 11 heteroatoms. The van der Waals surface area contributed by atoms with E-state index in [0.29, 0.717) is 24.5 Å². The molecule has 0 aliphatic carbocycles. The number of hydrogen-bond donors (Lipinski definition) is 3. The van der Waals surface area contributed by atoms with Gasteiger partial charge < -0.3 is 21.3 Å². The number of piperidine rings is 1. The number of rotatable bonds is 5. The molecule has 0 saturated carbocycles. The predicted molar refractivity (Wildman–Crippen MR) is 129 cm³/mol. The molecule has 1 saturated heterocycles. The second-order valence-electron chi connectivity index (χ2n) is 8.74. The van der Waals surface area contributed by atoms with Gasteiger partial charge in [0.05, 0.1) is 23.1 Å². The van der Waals surface area contributed by atoms with E-state index in [4.69, 9.17) is 5.73 Å². The topological polar surface area (TPSA) is 113 Å². The van der Waals surface area contributed by atoms with Crippen LogP contribution in [-0.4, -0.2) is 47.0 Å². The number of pyridine rings is 2. The van der Waals surface area contributed by atoms with Gasteiger partial charge in [0.25, 0.3) is 5.91 Å². The van der Waals surface area contributed by atoms with Crippen LogP contribution in [0.3, 0.4) is 0 Å². The molecular weight excluding hydrogens is 473 g/mol. The van der Waals surface area contributed by atoms with Gasteiger partial charge in [-0.05, 0) is 36.2 Å². The average molecular weight is 499 g/mol. The Balaban J connectivity index is 1.59. The fourth-order valence-corrected chi connectivity index (χ4v) is 4.42. The Hall–Kier alpha value is -3.99. The highest BCUT2D eigenvalue weighted by Gasteiger charge is 2.34. The van der Waals surface area contributed by atoms with Crippen molar-refractivity contribution in [1.82, 2.24) is 15.3 Å². The largest absolute Gasteiger partial charge is 0.368 e. The maximum absolute atomic E-state index is 14.4. The summed E-state index contributed by atoms with van der Waals surface area (Å²) in [6, 6.07) is 6.33. The van der Waals surface area contributed by atoms with Crippen LogP contribution < -0.4 is 21.3 Å². The van der Waals surface area contributed by atoms with E-state index in [1.54, 1.807) is 12.3 Å². The second-order valence-corrected chi connectivity index (χ2v) is 8.74. The number of anilines is 2. The number of nitrogens with one attached hydrogen (secondary N) is 2. The lowest BCUT2D eigenvalue weighted by Crippen LogP contribution is -2.61. The maximum Gasteiger partial charge on any atom is 0.274 e. The lowest BCUT2D eigenvalue weighted by atomic mass is 9.89. The van der Waals surface area contributed by atoms with Gasteiger partial charge in [-0.1, -0.05) is 13.0 Å². The number of benzene rings is 1. The van der Waals surface area contributed by atoms with E-state index in [0.717, 1.165) is 30.3 Å². The number of nitrogens with zero attached hydrogens (tertiary/aromatic N) is 3. The summed E-state index contributed by atoms with van der Waals surface area (Å²) in [5.41, 5.74) is 5.83. The summed E-state index contributed by atoms with van der Waals surface area (Å²) in [5.74, 6) is -3.82. The number of halogens is 3. The molecule has 1 fully saturated rings. The molecule has 3 heterocycles. The summed E-state index contributed by atoms with van der Waals surface area (Å²) >= 11 is 0. The number of carbonyl (C=O) groups is 2. The highest BCUT2D eigenvalue weighted by molar-refractivity contribution is 6.04. The lowest BCUT2D eigenvalue weighted by molar-refractivity contribution is -0.120. The summed E-state index contributed by atoms with van der Waals surface area (Å²) < 4.78 is 42.9. The van der Waals surface area contributed by atoms with E-state index in [1.807, 2.05) is 11.8 Å². The first kappa shape index (κ1) is 25.1. The van der Waals surface area contributed by atoms with Gasteiger partial charge in [0, 0.05) is 38.3 Å². The van der Waals surface area contributed by atoms with Crippen molar-refractivity contribution >= 4 is 23.2 Å². The van der Waals surface area contributed by atoms with Gasteiger partial charge in [0.1, 0.15) is 28.8 Å². The predicted octanol–water partition coefficient (Wildman–Crippen LogP) is 3.10. The Morgan fingerprint density at radius 3 is 2.44 bits per heavy atom. The number of hydrogen-bond acceptors (Lipinski definition) is 6. The van der Waals surface area contributed by atoms with Crippen molar-refractivity contribution in [2.75, 3.05) is 23.3 Å². The summed E-state index contributed by atoms with van der Waals surface area (Å²) in [6.07, 6.45) is 3.01. The van der Waals surface area contributed by atoms with Crippen LogP contribution in [0.2, 0.25) is 0 Å². The van der Waals surface area contributed by atoms with Crippen molar-refractivity contribution in [1.29, 1.82) is 0 Å². The molecule has 1 aliphatic rings. The van der Waals surface area contributed by atoms with Crippen molar-refractivity contribution < 1.29 is 22.8 Å². The second kappa shape index (κ2) is 10.3. The van der Waals surface area contributed by atoms with Crippen LogP contribution in [0.5, 0.6) is 0 Å². The molecule has 4 N–H and O–H groups in total. The Kier molecular flexibility index (Phi) is 7.20. The first-order valence-electron chi connectivity index (χ1n) is 11.3. The minimum absolute atomic E-state index is 0.0198. The summed E-state index contributed by atoms with van der Waals surface area (Å²) in [7, 11) is 0. The van der Waals surface area contributed by atoms with E-state index >= 15 is 0 Å². The lowest BCUT2D eigenvalue weighted by Gasteiger charge is -2.42. The van der Waals surface area contributed by atoms with Crippen LogP contribution in [0.1, 0.15) is 24.3 Å². The third-order valence-electron chi connectivity index (χ3n) is 6.05. The van der Waals surface area contributed by atoms with Gasteiger partial charge in [-0.3, -0.25) is 14.6 Å². The first-order chi connectivity index (χ1) is 17.2. The average Bonchev–Trinajstić information content (AvgIpc) is 2.82. The molecule has 0 radical (unpaired) electrons. The van der Waals surface area contributed by atoms with Crippen LogP contribution in [0.15, 0.2) is 48.8 Å². The Morgan fingerprint density at radius 1 is 1.06 bits per heavy atom. The van der Waals surface area contributed by atoms with E-state index in [2.05, 4.69) is 20.6 Å². The summed E-state index contributed by atoms with van der Waals surface area (Å²) in [5, 5.41) is 5.59. The number of nitrogens with two attached hydrogens (primary N) is 1. The molecule has 0 bridgehead atoms. The molecule has 36 heavy (non-hydrogen) atoms. The van der Waals surface area contributed by atoms with Crippen LogP contribution in [0, 0.1) is 23.4 Å². The minimum atomic E-state index is -0.998. The fourth-order valence-electron chi connectivity index (χ4n) is 4.42. The van der Waals surface area contributed by atoms with E-state index < -0.39 is 34.6 Å². The summed E-state index contributed by atoms with van der Waals surface area (Å²) in [4.78, 5) is 34.5. The van der Waals surface area contributed by atoms with Crippen molar-refractivity contribution in [2.45, 2.75) is 25.9 Å². The zero-order valence-corrected chi connectivity index (χ0v) is 19.6. The van der Waals surface area contributed by atoms with Gasteiger partial charge in [-0.2, -0.15) is 0 Å². The van der Waals surface area contributed by atoms with E-state index in [1.165, 1.54) is 13.1 Å². The first-order valence-corrected chi connectivity index (χ1v) is 11.3. The normalized spacial score (nSPS) is 19.6. The molecule has 2 amide bonds. The molecule has 8 nitrogen and oxygen atoms in total. The molecule has 0 spiro atoms. The molecule has 1 aromatic carbocycles. The van der Waals surface area contributed by atoms with Crippen LogP contribution >= 0.6 is 0 Å². The standard InChI is InChI=1S/C25H25F3N6O2/c1-13-11-34(12-18(29)23(13)31-14(2)35)21-8-9-30-10-20(21)33-25(36)19-7-6-17(28)24(32-19)22-15(26)4-3-5-16(22)27/h3-10,13,18,23H,11-12,29H2,1-2H3,(H,31,35)(H,33,36). The molecular formula is C25H25F3N6O2. The molecule has 3 aromatic rings. The van der Waals surface area contributed by atoms with Crippen molar-refractivity contribution in [3.05, 3.63) is 71.9 Å². The van der Waals surface area contributed by atoms with Crippen LogP contribution in [0.25, 0.3) is 11.3 Å². The Bertz CT molecular complexity index is 1270. The monoisotopic (exact) mass is 498 g/mol. The third kappa shape index (κ3) is 5.15. The van der Waals surface area contributed by atoms with Crippen molar-refractivity contribution in [3.8, 4) is 11.3 Å². The van der Waals surface area contributed by atoms with E-state index in [-0.39, 0.29) is 29.6 Å². The van der Waals surface area contributed by atoms with Gasteiger partial charge in [0.2, 0.25) is 5.91 Å². The van der Waals surface area contributed by atoms with Gasteiger partial charge >= 0.3 is 0 Å². The number of aromatic nitrogens is 2. The van der Waals surface area contributed by atoms with Gasteiger partial charge in [-0.15, -0.1) is 0 Å². The summed E-state index contributed by atoms with van der Waals surface area (Å²) in [6.45, 7) is 4.38. The van der Waals surface area contributed by atoms with Gasteiger partial charge in [-0.25, -0.2) is 18.2 Å². The van der Waals surface area contributed by atoms with Crippen LogP contribution in [0.4, 0.5) is 24.5 Å². The molecule has 3 atom stereocenters. The van der Waals surface area contributed by atoms with Crippen molar-refractivity contribution in [2.24, 2.45) is 11.7 Å². The highest BCUT2D eigenvalue weighted by atomic mass is 19.1. The SMILES string of the molecule is CC(=O)NC1C(C)CN(c2ccncc2NC(=O)c2ccc(F)c(-c3c(F)cccc3F)n2)CC1N. The van der Waals surface area contributed by atoms with E-state index in [9.17, 15) is 22.8 Å². The minimum Gasteiger partial charge on any atom is -0.368 e. The van der Waals surface area contributed by atoms with Gasteiger partial charge in [0.15, 0.2) is 0 Å². The van der Waals surface area contributed by atoms with Crippen molar-refractivity contribution in [3.63, 3.8) is 0 Å². The zero-order valence-electron chi connectivity index (χ0n) is 19.6. The maximum atomic E-state index is 14.4. The zero-order chi connectivity index (χ0) is 26.0. The Labute approximate surface area is 205 Å². The molecule has 4 rings (SSSR count). The number of amides is 2.